The maximum absolute atomic E-state index is 4.22. The number of hydrogen-bond acceptors (Lipinski definition) is 4. The highest BCUT2D eigenvalue weighted by molar-refractivity contribution is 7.07. The van der Waals surface area contributed by atoms with Gasteiger partial charge in [0.25, 0.3) is 0 Å². The Bertz CT molecular complexity index is 420. The second-order valence-electron chi connectivity index (χ2n) is 3.77. The van der Waals surface area contributed by atoms with Crippen molar-refractivity contribution in [2.45, 2.75) is 6.54 Å². The van der Waals surface area contributed by atoms with Crippen molar-refractivity contribution in [2.75, 3.05) is 24.3 Å². The summed E-state index contributed by atoms with van der Waals surface area (Å²) in [5.74, 6) is 0. The van der Waals surface area contributed by atoms with Crippen LogP contribution >= 0.6 is 11.3 Å². The second-order valence-corrected chi connectivity index (χ2v) is 4.49. The number of benzene rings is 1. The van der Waals surface area contributed by atoms with E-state index in [0.29, 0.717) is 0 Å². The van der Waals surface area contributed by atoms with Crippen molar-refractivity contribution < 1.29 is 0 Å². The van der Waals surface area contributed by atoms with Gasteiger partial charge in [-0.3, -0.25) is 0 Å². The molecule has 2 rings (SSSR count). The molecule has 16 heavy (non-hydrogen) atoms. The molecule has 1 N–H and O–H groups in total. The van der Waals surface area contributed by atoms with E-state index in [9.17, 15) is 0 Å². The third kappa shape index (κ3) is 2.73. The fourth-order valence-electron chi connectivity index (χ4n) is 1.39. The Hall–Kier alpha value is -1.55. The first-order valence-corrected chi connectivity index (χ1v) is 6.08. The summed E-state index contributed by atoms with van der Waals surface area (Å²) in [6.07, 6.45) is 0. The third-order valence-corrected chi connectivity index (χ3v) is 2.98. The number of nitrogens with one attached hydrogen (secondary N) is 1. The number of nitrogens with zero attached hydrogens (tertiary/aromatic N) is 2. The molecule has 0 bridgehead atoms. The number of rotatable bonds is 4. The van der Waals surface area contributed by atoms with Crippen LogP contribution in [0.1, 0.15) is 5.69 Å². The van der Waals surface area contributed by atoms with Crippen molar-refractivity contribution in [3.63, 3.8) is 0 Å². The van der Waals surface area contributed by atoms with Crippen LogP contribution in [0.15, 0.2) is 35.2 Å². The quantitative estimate of drug-likeness (QED) is 0.880. The highest BCUT2D eigenvalue weighted by Crippen LogP contribution is 2.16. The second kappa shape index (κ2) is 4.99. The van der Waals surface area contributed by atoms with Crippen LogP contribution in [-0.2, 0) is 6.54 Å². The molecule has 0 saturated carbocycles. The molecule has 0 spiro atoms. The van der Waals surface area contributed by atoms with Crippen LogP contribution in [0.3, 0.4) is 0 Å². The number of hydrogen-bond donors (Lipinski definition) is 1. The molecule has 3 nitrogen and oxygen atoms in total. The molecule has 4 heteroatoms. The van der Waals surface area contributed by atoms with Gasteiger partial charge >= 0.3 is 0 Å². The Morgan fingerprint density at radius 1 is 1.25 bits per heavy atom. The van der Waals surface area contributed by atoms with E-state index in [2.05, 4.69) is 44.8 Å². The lowest BCUT2D eigenvalue weighted by molar-refractivity contribution is 1.07. The van der Waals surface area contributed by atoms with E-state index in [0.717, 1.165) is 17.9 Å². The molecule has 1 heterocycles. The van der Waals surface area contributed by atoms with E-state index >= 15 is 0 Å². The van der Waals surface area contributed by atoms with Gasteiger partial charge in [-0.05, 0) is 24.3 Å². The fourth-order valence-corrected chi connectivity index (χ4v) is 1.95. The summed E-state index contributed by atoms with van der Waals surface area (Å²) in [5, 5.41) is 5.40. The summed E-state index contributed by atoms with van der Waals surface area (Å²) in [6.45, 7) is 0.783. The Labute approximate surface area is 99.8 Å². The van der Waals surface area contributed by atoms with E-state index in [-0.39, 0.29) is 0 Å². The van der Waals surface area contributed by atoms with Gasteiger partial charge in [0.15, 0.2) is 0 Å². The summed E-state index contributed by atoms with van der Waals surface area (Å²) in [6, 6.07) is 8.37. The van der Waals surface area contributed by atoms with Crippen molar-refractivity contribution in [3.05, 3.63) is 40.8 Å². The zero-order chi connectivity index (χ0) is 11.4. The average molecular weight is 233 g/mol. The molecular weight excluding hydrogens is 218 g/mol. The monoisotopic (exact) mass is 233 g/mol. The van der Waals surface area contributed by atoms with E-state index in [1.807, 2.05) is 19.6 Å². The first kappa shape index (κ1) is 11.0. The maximum Gasteiger partial charge on any atom is 0.0795 e. The summed E-state index contributed by atoms with van der Waals surface area (Å²) >= 11 is 1.62. The van der Waals surface area contributed by atoms with Crippen LogP contribution in [0.2, 0.25) is 0 Å². The number of thiazole rings is 1. The molecule has 84 valence electrons. The summed E-state index contributed by atoms with van der Waals surface area (Å²) in [7, 11) is 4.08. The average Bonchev–Trinajstić information content (AvgIpc) is 2.80. The van der Waals surface area contributed by atoms with E-state index in [4.69, 9.17) is 0 Å². The molecule has 0 aliphatic heterocycles. The van der Waals surface area contributed by atoms with Gasteiger partial charge in [-0.1, -0.05) is 0 Å². The third-order valence-electron chi connectivity index (χ3n) is 2.34. The van der Waals surface area contributed by atoms with Crippen molar-refractivity contribution in [2.24, 2.45) is 0 Å². The van der Waals surface area contributed by atoms with Crippen LogP contribution < -0.4 is 10.2 Å². The van der Waals surface area contributed by atoms with Crippen molar-refractivity contribution >= 4 is 22.7 Å². The number of aromatic nitrogens is 1. The highest BCUT2D eigenvalue weighted by Gasteiger charge is 1.97. The molecule has 0 atom stereocenters. The van der Waals surface area contributed by atoms with Gasteiger partial charge in [-0.2, -0.15) is 0 Å². The molecule has 0 aliphatic carbocycles. The predicted octanol–water partition coefficient (Wildman–Crippen LogP) is 2.82. The predicted molar refractivity (Wildman–Crippen MR) is 70.2 cm³/mol. The van der Waals surface area contributed by atoms with Gasteiger partial charge < -0.3 is 10.2 Å². The molecule has 1 aromatic carbocycles. The minimum Gasteiger partial charge on any atom is -0.379 e. The minimum absolute atomic E-state index is 0.783. The molecule has 0 saturated heterocycles. The normalized spacial score (nSPS) is 10.1. The molecule has 0 radical (unpaired) electrons. The molecule has 0 amide bonds. The van der Waals surface area contributed by atoms with Gasteiger partial charge in [-0.25, -0.2) is 4.98 Å². The van der Waals surface area contributed by atoms with Crippen LogP contribution in [0.4, 0.5) is 11.4 Å². The zero-order valence-electron chi connectivity index (χ0n) is 9.47. The SMILES string of the molecule is CN(C)c1ccc(NCc2cscn2)cc1. The Morgan fingerprint density at radius 2 is 2.00 bits per heavy atom. The molecule has 2 aromatic rings. The lowest BCUT2D eigenvalue weighted by Gasteiger charge is -2.13. The standard InChI is InChI=1S/C12H15N3S/c1-15(2)12-5-3-10(4-6-12)13-7-11-8-16-9-14-11/h3-6,8-9,13H,7H2,1-2H3. The maximum atomic E-state index is 4.22. The summed E-state index contributed by atoms with van der Waals surface area (Å²) in [4.78, 5) is 6.31. The van der Waals surface area contributed by atoms with Crippen LogP contribution in [0.25, 0.3) is 0 Å². The van der Waals surface area contributed by atoms with Gasteiger partial charge in [0.1, 0.15) is 0 Å². The largest absolute Gasteiger partial charge is 0.379 e. The summed E-state index contributed by atoms with van der Waals surface area (Å²) < 4.78 is 0. The molecule has 1 aromatic heterocycles. The van der Waals surface area contributed by atoms with Crippen LogP contribution in [0.5, 0.6) is 0 Å². The smallest absolute Gasteiger partial charge is 0.0795 e. The van der Waals surface area contributed by atoms with Crippen molar-refractivity contribution in [1.82, 2.24) is 4.98 Å². The van der Waals surface area contributed by atoms with E-state index in [1.165, 1.54) is 5.69 Å². The Morgan fingerprint density at radius 3 is 2.56 bits per heavy atom. The first-order valence-electron chi connectivity index (χ1n) is 5.14. The Balaban J connectivity index is 1.95. The molecule has 0 aliphatic rings. The lowest BCUT2D eigenvalue weighted by atomic mass is 10.2. The van der Waals surface area contributed by atoms with Crippen LogP contribution in [-0.4, -0.2) is 19.1 Å². The van der Waals surface area contributed by atoms with E-state index in [1.54, 1.807) is 11.3 Å². The molecular formula is C12H15N3S. The summed E-state index contributed by atoms with van der Waals surface area (Å²) in [5.41, 5.74) is 5.27. The fraction of sp³-hybridized carbons (Fsp3) is 0.250. The molecule has 0 fully saturated rings. The molecule has 0 unspecified atom stereocenters. The van der Waals surface area contributed by atoms with Crippen molar-refractivity contribution in [1.29, 1.82) is 0 Å². The van der Waals surface area contributed by atoms with Gasteiger partial charge in [0.2, 0.25) is 0 Å². The lowest BCUT2D eigenvalue weighted by Crippen LogP contribution is -2.08. The van der Waals surface area contributed by atoms with Crippen molar-refractivity contribution in [3.8, 4) is 0 Å². The topological polar surface area (TPSA) is 28.2 Å². The van der Waals surface area contributed by atoms with Gasteiger partial charge in [0.05, 0.1) is 17.7 Å². The minimum atomic E-state index is 0.783. The van der Waals surface area contributed by atoms with Gasteiger partial charge in [-0.15, -0.1) is 11.3 Å². The highest BCUT2D eigenvalue weighted by atomic mass is 32.1. The van der Waals surface area contributed by atoms with Crippen LogP contribution in [0, 0.1) is 0 Å². The number of anilines is 2. The first-order chi connectivity index (χ1) is 7.75. The Kier molecular flexibility index (Phi) is 3.41. The zero-order valence-corrected chi connectivity index (χ0v) is 10.3. The van der Waals surface area contributed by atoms with E-state index < -0.39 is 0 Å². The van der Waals surface area contributed by atoms with Gasteiger partial charge in [0, 0.05) is 30.9 Å².